The molecule has 1 saturated heterocycles. The van der Waals surface area contributed by atoms with Crippen LogP contribution in [0.3, 0.4) is 0 Å². The number of hydrogen-bond acceptors (Lipinski definition) is 4. The van der Waals surface area contributed by atoms with Gasteiger partial charge in [-0.2, -0.15) is 13.2 Å². The predicted molar refractivity (Wildman–Crippen MR) is 107 cm³/mol. The molecule has 1 fully saturated rings. The van der Waals surface area contributed by atoms with Crippen molar-refractivity contribution in [1.29, 1.82) is 0 Å². The average molecular weight is 421 g/mol. The minimum Gasteiger partial charge on any atom is -0.497 e. The summed E-state index contributed by atoms with van der Waals surface area (Å²) in [4.78, 5) is 12.2. The van der Waals surface area contributed by atoms with Crippen LogP contribution in [0, 0.1) is 0 Å². The van der Waals surface area contributed by atoms with Crippen LogP contribution in [0.25, 0.3) is 0 Å². The Hall–Kier alpha value is -2.54. The van der Waals surface area contributed by atoms with E-state index in [1.165, 1.54) is 12.1 Å². The molecule has 1 aliphatic heterocycles. The lowest BCUT2D eigenvalue weighted by Crippen LogP contribution is -2.43. The zero-order valence-corrected chi connectivity index (χ0v) is 17.0. The van der Waals surface area contributed by atoms with Crippen molar-refractivity contribution < 1.29 is 27.4 Å². The van der Waals surface area contributed by atoms with Crippen LogP contribution >= 0.6 is 0 Å². The first-order valence-electron chi connectivity index (χ1n) is 10.0. The SMILES string of the molecule is CCOC(=O)CC1N[C@H](c2ccc(OC)cc2)CCC1c1ccc(C(F)(F)F)cc1. The largest absolute Gasteiger partial charge is 0.497 e. The smallest absolute Gasteiger partial charge is 0.416 e. The Balaban J connectivity index is 1.80. The summed E-state index contributed by atoms with van der Waals surface area (Å²) in [6.07, 6.45) is -2.66. The number of methoxy groups -OCH3 is 1. The molecule has 2 aromatic carbocycles. The number of hydrogen-bond donors (Lipinski definition) is 1. The Bertz CT molecular complexity index is 834. The first-order valence-corrected chi connectivity index (χ1v) is 10.0. The van der Waals surface area contributed by atoms with Gasteiger partial charge in [-0.25, -0.2) is 0 Å². The zero-order chi connectivity index (χ0) is 21.7. The summed E-state index contributed by atoms with van der Waals surface area (Å²) >= 11 is 0. The highest BCUT2D eigenvalue weighted by atomic mass is 19.4. The molecule has 7 heteroatoms. The Kier molecular flexibility index (Phi) is 7.02. The maximum atomic E-state index is 12.9. The molecule has 2 unspecified atom stereocenters. The highest BCUT2D eigenvalue weighted by Crippen LogP contribution is 2.38. The summed E-state index contributed by atoms with van der Waals surface area (Å²) < 4.78 is 49.0. The van der Waals surface area contributed by atoms with Crippen molar-refractivity contribution in [3.8, 4) is 5.75 Å². The Morgan fingerprint density at radius 1 is 1.03 bits per heavy atom. The number of ether oxygens (including phenoxy) is 2. The second-order valence-corrected chi connectivity index (χ2v) is 7.41. The molecule has 4 nitrogen and oxygen atoms in total. The summed E-state index contributed by atoms with van der Waals surface area (Å²) in [7, 11) is 1.61. The van der Waals surface area contributed by atoms with Gasteiger partial charge in [0.2, 0.25) is 0 Å². The highest BCUT2D eigenvalue weighted by molar-refractivity contribution is 5.70. The van der Waals surface area contributed by atoms with Gasteiger partial charge in [-0.05, 0) is 61.1 Å². The molecule has 0 saturated carbocycles. The summed E-state index contributed by atoms with van der Waals surface area (Å²) in [5.41, 5.74) is 1.20. The van der Waals surface area contributed by atoms with E-state index in [2.05, 4.69) is 5.32 Å². The summed E-state index contributed by atoms with van der Waals surface area (Å²) in [5.74, 6) is 0.369. The second-order valence-electron chi connectivity index (χ2n) is 7.41. The quantitative estimate of drug-likeness (QED) is 0.648. The lowest BCUT2D eigenvalue weighted by molar-refractivity contribution is -0.144. The van der Waals surface area contributed by atoms with E-state index in [0.29, 0.717) is 6.61 Å². The van der Waals surface area contributed by atoms with E-state index < -0.39 is 11.7 Å². The van der Waals surface area contributed by atoms with Crippen LogP contribution < -0.4 is 10.1 Å². The van der Waals surface area contributed by atoms with Crippen molar-refractivity contribution in [3.05, 3.63) is 65.2 Å². The zero-order valence-electron chi connectivity index (χ0n) is 17.0. The summed E-state index contributed by atoms with van der Waals surface area (Å²) in [6.45, 7) is 2.04. The van der Waals surface area contributed by atoms with Gasteiger partial charge >= 0.3 is 12.1 Å². The number of alkyl halides is 3. The van der Waals surface area contributed by atoms with Crippen molar-refractivity contribution in [2.24, 2.45) is 0 Å². The Morgan fingerprint density at radius 3 is 2.23 bits per heavy atom. The lowest BCUT2D eigenvalue weighted by atomic mass is 9.79. The van der Waals surface area contributed by atoms with Crippen molar-refractivity contribution in [3.63, 3.8) is 0 Å². The molecule has 2 aromatic rings. The molecule has 0 spiro atoms. The predicted octanol–water partition coefficient (Wildman–Crippen LogP) is 5.24. The van der Waals surface area contributed by atoms with E-state index in [9.17, 15) is 18.0 Å². The number of piperidine rings is 1. The van der Waals surface area contributed by atoms with Gasteiger partial charge < -0.3 is 14.8 Å². The fraction of sp³-hybridized carbons (Fsp3) is 0.435. The first-order chi connectivity index (χ1) is 14.3. The molecule has 0 aromatic heterocycles. The molecular weight excluding hydrogens is 395 g/mol. The van der Waals surface area contributed by atoms with Crippen LogP contribution in [0.4, 0.5) is 13.2 Å². The summed E-state index contributed by atoms with van der Waals surface area (Å²) in [6, 6.07) is 12.8. The third kappa shape index (κ3) is 5.33. The van der Waals surface area contributed by atoms with Crippen LogP contribution in [0.15, 0.2) is 48.5 Å². The molecule has 1 aliphatic rings. The van der Waals surface area contributed by atoms with Gasteiger partial charge in [-0.1, -0.05) is 24.3 Å². The highest BCUT2D eigenvalue weighted by Gasteiger charge is 2.35. The molecule has 1 heterocycles. The van der Waals surface area contributed by atoms with Crippen LogP contribution in [-0.2, 0) is 15.7 Å². The molecule has 0 aliphatic carbocycles. The molecule has 3 rings (SSSR count). The summed E-state index contributed by atoms with van der Waals surface area (Å²) in [5, 5.41) is 3.53. The molecular formula is C23H26F3NO3. The number of carbonyl (C=O) groups is 1. The van der Waals surface area contributed by atoms with Crippen molar-refractivity contribution in [2.45, 2.75) is 50.4 Å². The lowest BCUT2D eigenvalue weighted by Gasteiger charge is -2.38. The first kappa shape index (κ1) is 22.2. The van der Waals surface area contributed by atoms with Gasteiger partial charge in [0.25, 0.3) is 0 Å². The maximum absolute atomic E-state index is 12.9. The maximum Gasteiger partial charge on any atom is 0.416 e. The molecule has 0 bridgehead atoms. The van der Waals surface area contributed by atoms with Crippen molar-refractivity contribution in [2.75, 3.05) is 13.7 Å². The third-order valence-corrected chi connectivity index (χ3v) is 5.54. The monoisotopic (exact) mass is 421 g/mol. The minimum absolute atomic E-state index is 0.0426. The van der Waals surface area contributed by atoms with Crippen molar-refractivity contribution >= 4 is 5.97 Å². The number of carbonyl (C=O) groups excluding carboxylic acids is 1. The van der Waals surface area contributed by atoms with Crippen LogP contribution in [-0.4, -0.2) is 25.7 Å². The van der Waals surface area contributed by atoms with E-state index in [0.717, 1.165) is 41.9 Å². The molecule has 0 amide bonds. The second kappa shape index (κ2) is 9.51. The van der Waals surface area contributed by atoms with E-state index in [-0.39, 0.29) is 30.4 Å². The van der Waals surface area contributed by atoms with Crippen LogP contribution in [0.2, 0.25) is 0 Å². The fourth-order valence-corrected chi connectivity index (χ4v) is 4.02. The number of nitrogens with one attached hydrogen (secondary N) is 1. The number of halogens is 3. The molecule has 0 radical (unpaired) electrons. The Morgan fingerprint density at radius 2 is 1.67 bits per heavy atom. The normalized spacial score (nSPS) is 21.8. The molecule has 162 valence electrons. The molecule has 1 N–H and O–H groups in total. The standard InChI is InChI=1S/C23H26F3NO3/c1-3-30-22(28)14-21-19(15-4-8-17(9-5-15)23(24,25)26)12-13-20(27-21)16-6-10-18(29-2)11-7-16/h4-11,19-21,27H,3,12-14H2,1-2H3/t19?,20-,21?/m0/s1. The third-order valence-electron chi connectivity index (χ3n) is 5.54. The number of rotatable bonds is 6. The van der Waals surface area contributed by atoms with E-state index in [4.69, 9.17) is 9.47 Å². The van der Waals surface area contributed by atoms with E-state index >= 15 is 0 Å². The molecule has 3 atom stereocenters. The van der Waals surface area contributed by atoms with Gasteiger partial charge in [-0.15, -0.1) is 0 Å². The van der Waals surface area contributed by atoms with Gasteiger partial charge in [0.05, 0.1) is 25.7 Å². The van der Waals surface area contributed by atoms with Gasteiger partial charge in [0.1, 0.15) is 5.75 Å². The average Bonchev–Trinajstić information content (AvgIpc) is 2.73. The van der Waals surface area contributed by atoms with Gasteiger partial charge in [-0.3, -0.25) is 4.79 Å². The van der Waals surface area contributed by atoms with Gasteiger partial charge in [0.15, 0.2) is 0 Å². The van der Waals surface area contributed by atoms with Gasteiger partial charge in [0, 0.05) is 12.1 Å². The van der Waals surface area contributed by atoms with E-state index in [1.807, 2.05) is 24.3 Å². The Labute approximate surface area is 174 Å². The van der Waals surface area contributed by atoms with Crippen LogP contribution in [0.1, 0.15) is 54.8 Å². The topological polar surface area (TPSA) is 47.6 Å². The van der Waals surface area contributed by atoms with E-state index in [1.54, 1.807) is 14.0 Å². The fourth-order valence-electron chi connectivity index (χ4n) is 4.02. The number of benzene rings is 2. The van der Waals surface area contributed by atoms with Crippen LogP contribution in [0.5, 0.6) is 5.75 Å². The van der Waals surface area contributed by atoms with Crippen molar-refractivity contribution in [1.82, 2.24) is 5.32 Å². The number of esters is 1. The molecule has 30 heavy (non-hydrogen) atoms. The minimum atomic E-state index is -4.37.